The number of ether oxygens (including phenoxy) is 1. The number of esters is 1. The fraction of sp³-hybridized carbons (Fsp3) is 0.462. The van der Waals surface area contributed by atoms with Crippen molar-refractivity contribution in [3.8, 4) is 0 Å². The highest BCUT2D eigenvalue weighted by Gasteiger charge is 2.21. The first-order valence-corrected chi connectivity index (χ1v) is 8.35. The van der Waals surface area contributed by atoms with E-state index in [1.807, 2.05) is 0 Å². The number of hydrogen-bond acceptors (Lipinski definition) is 6. The number of aliphatic imine (C=N–C) groups is 1. The molecular formula is C13H17N3O3S2. The van der Waals surface area contributed by atoms with Crippen LogP contribution in [-0.2, 0) is 4.74 Å². The van der Waals surface area contributed by atoms with Gasteiger partial charge in [0.25, 0.3) is 5.24 Å². The Bertz CT molecular complexity index is 596. The Morgan fingerprint density at radius 2 is 2.24 bits per heavy atom. The highest BCUT2D eigenvalue weighted by Crippen LogP contribution is 2.27. The minimum Gasteiger partial charge on any atom is -0.462 e. The van der Waals surface area contributed by atoms with E-state index in [2.05, 4.69) is 15.3 Å². The van der Waals surface area contributed by atoms with Gasteiger partial charge in [-0.15, -0.1) is 0 Å². The number of aromatic amines is 1. The number of amides is 1. The number of aromatic nitrogens is 1. The first-order chi connectivity index (χ1) is 10.0. The van der Waals surface area contributed by atoms with Crippen LogP contribution in [0.5, 0.6) is 0 Å². The van der Waals surface area contributed by atoms with E-state index < -0.39 is 0 Å². The van der Waals surface area contributed by atoms with Crippen molar-refractivity contribution in [3.05, 3.63) is 16.8 Å². The monoisotopic (exact) mass is 327 g/mol. The smallest absolute Gasteiger partial charge is 0.340 e. The summed E-state index contributed by atoms with van der Waals surface area (Å²) in [6.45, 7) is 6.39. The molecule has 0 saturated carbocycles. The van der Waals surface area contributed by atoms with Gasteiger partial charge in [0.2, 0.25) is 0 Å². The van der Waals surface area contributed by atoms with Crippen LogP contribution in [0.1, 0.15) is 28.5 Å². The van der Waals surface area contributed by atoms with Crippen LogP contribution in [0.2, 0.25) is 0 Å². The summed E-state index contributed by atoms with van der Waals surface area (Å²) in [5, 5.41) is 2.54. The van der Waals surface area contributed by atoms with Gasteiger partial charge in [0.1, 0.15) is 10.2 Å². The summed E-state index contributed by atoms with van der Waals surface area (Å²) in [7, 11) is 0. The van der Waals surface area contributed by atoms with Crippen molar-refractivity contribution in [2.45, 2.75) is 20.8 Å². The highest BCUT2D eigenvalue weighted by atomic mass is 32.2. The molecule has 1 aromatic rings. The number of nitrogens with one attached hydrogen (secondary N) is 2. The number of thioether (sulfide) groups is 2. The van der Waals surface area contributed by atoms with Crippen molar-refractivity contribution in [2.75, 3.05) is 24.2 Å². The van der Waals surface area contributed by atoms with E-state index >= 15 is 0 Å². The van der Waals surface area contributed by atoms with Crippen LogP contribution < -0.4 is 5.32 Å². The molecule has 1 aromatic heterocycles. The van der Waals surface area contributed by atoms with Gasteiger partial charge in [-0.2, -0.15) is 0 Å². The average molecular weight is 327 g/mol. The Balaban J connectivity index is 2.08. The molecule has 1 aliphatic rings. The summed E-state index contributed by atoms with van der Waals surface area (Å²) < 4.78 is 5.79. The van der Waals surface area contributed by atoms with Gasteiger partial charge in [-0.25, -0.2) is 4.79 Å². The van der Waals surface area contributed by atoms with Crippen LogP contribution in [0.3, 0.4) is 0 Å². The number of hydrogen-bond donors (Lipinski definition) is 2. The van der Waals surface area contributed by atoms with Gasteiger partial charge in [-0.3, -0.25) is 9.79 Å². The second-order valence-electron chi connectivity index (χ2n) is 4.36. The number of nitrogens with zero attached hydrogens (tertiary/aromatic N) is 1. The van der Waals surface area contributed by atoms with Crippen molar-refractivity contribution >= 4 is 44.9 Å². The lowest BCUT2D eigenvalue weighted by Crippen LogP contribution is -2.09. The van der Waals surface area contributed by atoms with Crippen LogP contribution in [0.15, 0.2) is 4.99 Å². The van der Waals surface area contributed by atoms with Gasteiger partial charge in [0.15, 0.2) is 0 Å². The van der Waals surface area contributed by atoms with E-state index in [4.69, 9.17) is 4.74 Å². The maximum absolute atomic E-state index is 12.0. The predicted octanol–water partition coefficient (Wildman–Crippen LogP) is 3.18. The maximum atomic E-state index is 12.0. The van der Waals surface area contributed by atoms with Gasteiger partial charge in [0, 0.05) is 17.0 Å². The molecule has 0 aromatic carbocycles. The van der Waals surface area contributed by atoms with E-state index in [0.717, 1.165) is 28.4 Å². The van der Waals surface area contributed by atoms with E-state index in [9.17, 15) is 9.59 Å². The fourth-order valence-electron chi connectivity index (χ4n) is 1.97. The SMILES string of the molecule is CCOC(=O)c1c(C)[nH]c(NC(=O)SC2=NCCS2)c1C. The maximum Gasteiger partial charge on any atom is 0.340 e. The van der Waals surface area contributed by atoms with Crippen LogP contribution in [0.4, 0.5) is 10.6 Å². The zero-order valence-corrected chi connectivity index (χ0v) is 13.7. The molecule has 0 unspecified atom stereocenters. The quantitative estimate of drug-likeness (QED) is 0.833. The third kappa shape index (κ3) is 3.82. The van der Waals surface area contributed by atoms with Gasteiger partial charge >= 0.3 is 5.97 Å². The van der Waals surface area contributed by atoms with E-state index in [1.165, 1.54) is 0 Å². The lowest BCUT2D eigenvalue weighted by atomic mass is 10.1. The molecule has 8 heteroatoms. The van der Waals surface area contributed by atoms with Gasteiger partial charge in [0.05, 0.1) is 18.7 Å². The number of anilines is 1. The molecule has 0 bridgehead atoms. The molecule has 2 heterocycles. The van der Waals surface area contributed by atoms with Crippen LogP contribution in [-0.4, -0.2) is 39.5 Å². The molecule has 21 heavy (non-hydrogen) atoms. The Kier molecular flexibility index (Phi) is 5.35. The largest absolute Gasteiger partial charge is 0.462 e. The Morgan fingerprint density at radius 1 is 1.48 bits per heavy atom. The second kappa shape index (κ2) is 7.04. The Labute approximate surface area is 131 Å². The third-order valence-electron chi connectivity index (χ3n) is 2.88. The molecule has 114 valence electrons. The van der Waals surface area contributed by atoms with Crippen molar-refractivity contribution in [3.63, 3.8) is 0 Å². The molecule has 0 aliphatic carbocycles. The number of H-pyrrole nitrogens is 1. The number of rotatable bonds is 3. The van der Waals surface area contributed by atoms with Crippen LogP contribution in [0, 0.1) is 13.8 Å². The molecule has 6 nitrogen and oxygen atoms in total. The van der Waals surface area contributed by atoms with E-state index in [-0.39, 0.29) is 11.2 Å². The lowest BCUT2D eigenvalue weighted by Gasteiger charge is -2.04. The van der Waals surface area contributed by atoms with Crippen molar-refractivity contribution in [2.24, 2.45) is 4.99 Å². The Morgan fingerprint density at radius 3 is 2.86 bits per heavy atom. The number of carbonyl (C=O) groups is 2. The van der Waals surface area contributed by atoms with E-state index in [1.54, 1.807) is 32.5 Å². The molecule has 1 amide bonds. The average Bonchev–Trinajstić information content (AvgIpc) is 2.99. The summed E-state index contributed by atoms with van der Waals surface area (Å²) >= 11 is 2.64. The summed E-state index contributed by atoms with van der Waals surface area (Å²) in [5.41, 5.74) is 1.84. The first-order valence-electron chi connectivity index (χ1n) is 6.55. The summed E-state index contributed by atoms with van der Waals surface area (Å²) in [6.07, 6.45) is 0. The van der Waals surface area contributed by atoms with E-state index in [0.29, 0.717) is 29.2 Å². The van der Waals surface area contributed by atoms with Gasteiger partial charge in [-0.1, -0.05) is 11.8 Å². The fourth-order valence-corrected chi connectivity index (χ4v) is 3.69. The highest BCUT2D eigenvalue weighted by molar-refractivity contribution is 8.45. The zero-order chi connectivity index (χ0) is 15.4. The molecule has 0 spiro atoms. The zero-order valence-electron chi connectivity index (χ0n) is 12.1. The summed E-state index contributed by atoms with van der Waals surface area (Å²) in [4.78, 5) is 31.1. The molecule has 2 N–H and O–H groups in total. The van der Waals surface area contributed by atoms with Crippen molar-refractivity contribution in [1.29, 1.82) is 0 Å². The predicted molar refractivity (Wildman–Crippen MR) is 87.6 cm³/mol. The van der Waals surface area contributed by atoms with Gasteiger partial charge in [-0.05, 0) is 32.5 Å². The number of aryl methyl sites for hydroxylation is 1. The first kappa shape index (κ1) is 16.0. The number of carbonyl (C=O) groups excluding carboxylic acids is 2. The molecule has 2 rings (SSSR count). The molecule has 1 aliphatic heterocycles. The third-order valence-corrected chi connectivity index (χ3v) is 4.84. The standard InChI is InChI=1S/C13H17N3O3S2/c1-4-19-11(17)9-7(2)10(15-8(9)3)16-12(18)21-13-14-5-6-20-13/h15H,4-6H2,1-3H3,(H,16,18). The normalized spacial score (nSPS) is 14.0. The van der Waals surface area contributed by atoms with Gasteiger partial charge < -0.3 is 15.0 Å². The lowest BCUT2D eigenvalue weighted by molar-refractivity contribution is 0.0525. The van der Waals surface area contributed by atoms with Crippen LogP contribution in [0.25, 0.3) is 0 Å². The van der Waals surface area contributed by atoms with Crippen molar-refractivity contribution < 1.29 is 14.3 Å². The van der Waals surface area contributed by atoms with Crippen LogP contribution >= 0.6 is 23.5 Å². The summed E-state index contributed by atoms with van der Waals surface area (Å²) in [5.74, 6) is 1.06. The minimum atomic E-state index is -0.382. The molecule has 0 atom stereocenters. The Hall–Kier alpha value is -1.41. The molecule has 0 saturated heterocycles. The summed E-state index contributed by atoms with van der Waals surface area (Å²) in [6, 6.07) is 0. The minimum absolute atomic E-state index is 0.220. The second-order valence-corrected chi connectivity index (χ2v) is 6.66. The molecule has 0 fully saturated rings. The molecular weight excluding hydrogens is 310 g/mol. The topological polar surface area (TPSA) is 83.5 Å². The molecule has 0 radical (unpaired) electrons. The van der Waals surface area contributed by atoms with Crippen molar-refractivity contribution in [1.82, 2.24) is 4.98 Å².